The van der Waals surface area contributed by atoms with Crippen LogP contribution in [0.1, 0.15) is 39.7 Å². The van der Waals surface area contributed by atoms with Gasteiger partial charge in [-0.3, -0.25) is 14.5 Å². The third-order valence-corrected chi connectivity index (χ3v) is 3.33. The molecule has 1 N–H and O–H groups in total. The highest BCUT2D eigenvalue weighted by atomic mass is 32.1. The van der Waals surface area contributed by atoms with Crippen molar-refractivity contribution in [1.82, 2.24) is 24.5 Å². The SMILES string of the molecule is CCCCn1nc(-c2n[nH]c(=S)n2C(C)C)ccc1=O. The zero-order valence-electron chi connectivity index (χ0n) is 12.0. The number of aromatic nitrogens is 5. The average Bonchev–Trinajstić information content (AvgIpc) is 2.80. The number of H-pyrrole nitrogens is 1. The van der Waals surface area contributed by atoms with Crippen molar-refractivity contribution in [3.8, 4) is 11.5 Å². The Hall–Kier alpha value is -1.76. The number of nitrogens with one attached hydrogen (secondary N) is 1. The first-order chi connectivity index (χ1) is 9.54. The third-order valence-electron chi connectivity index (χ3n) is 3.04. The van der Waals surface area contributed by atoms with E-state index >= 15 is 0 Å². The summed E-state index contributed by atoms with van der Waals surface area (Å²) in [6, 6.07) is 3.39. The molecule has 0 aromatic carbocycles. The molecule has 0 saturated carbocycles. The van der Waals surface area contributed by atoms with Gasteiger partial charge in [0.15, 0.2) is 10.6 Å². The Labute approximate surface area is 122 Å². The van der Waals surface area contributed by atoms with Crippen LogP contribution in [0.3, 0.4) is 0 Å². The molecule has 0 aliphatic heterocycles. The van der Waals surface area contributed by atoms with Gasteiger partial charge in [-0.05, 0) is 38.6 Å². The maximum Gasteiger partial charge on any atom is 0.266 e. The maximum absolute atomic E-state index is 11.8. The molecule has 0 bridgehead atoms. The Kier molecular flexibility index (Phi) is 4.49. The summed E-state index contributed by atoms with van der Waals surface area (Å²) in [5.74, 6) is 0.662. The quantitative estimate of drug-likeness (QED) is 0.860. The number of aromatic amines is 1. The van der Waals surface area contributed by atoms with Gasteiger partial charge in [-0.2, -0.15) is 10.2 Å². The number of rotatable bonds is 5. The highest BCUT2D eigenvalue weighted by molar-refractivity contribution is 7.71. The van der Waals surface area contributed by atoms with Crippen molar-refractivity contribution in [3.63, 3.8) is 0 Å². The Morgan fingerprint density at radius 3 is 2.80 bits per heavy atom. The van der Waals surface area contributed by atoms with E-state index in [4.69, 9.17) is 12.2 Å². The van der Waals surface area contributed by atoms with Crippen LogP contribution in [-0.4, -0.2) is 24.5 Å². The first-order valence-corrected chi connectivity index (χ1v) is 7.21. The van der Waals surface area contributed by atoms with Crippen molar-refractivity contribution in [2.45, 2.75) is 46.2 Å². The maximum atomic E-state index is 11.8. The van der Waals surface area contributed by atoms with E-state index in [0.29, 0.717) is 22.8 Å². The van der Waals surface area contributed by atoms with Crippen LogP contribution in [-0.2, 0) is 6.54 Å². The van der Waals surface area contributed by atoms with E-state index in [1.54, 1.807) is 6.07 Å². The summed E-state index contributed by atoms with van der Waals surface area (Å²) in [6.07, 6.45) is 1.94. The number of aryl methyl sites for hydroxylation is 1. The molecule has 2 rings (SSSR count). The van der Waals surface area contributed by atoms with E-state index in [2.05, 4.69) is 22.2 Å². The molecular formula is C13H19N5OS. The van der Waals surface area contributed by atoms with E-state index in [1.807, 2.05) is 18.4 Å². The Morgan fingerprint density at radius 2 is 2.15 bits per heavy atom. The highest BCUT2D eigenvalue weighted by Gasteiger charge is 2.13. The standard InChI is InChI=1S/C13H19N5OS/c1-4-5-8-17-11(19)7-6-10(16-17)12-14-15-13(20)18(12)9(2)3/h6-7,9H,4-5,8H2,1-3H3,(H,15,20). The summed E-state index contributed by atoms with van der Waals surface area (Å²) in [5.41, 5.74) is 0.564. The second-order valence-electron chi connectivity index (χ2n) is 4.95. The van der Waals surface area contributed by atoms with Crippen LogP contribution >= 0.6 is 12.2 Å². The number of hydrogen-bond donors (Lipinski definition) is 1. The van der Waals surface area contributed by atoms with Gasteiger partial charge in [0, 0.05) is 18.7 Å². The molecule has 2 aromatic rings. The summed E-state index contributed by atoms with van der Waals surface area (Å²) in [6.45, 7) is 6.76. The molecule has 0 unspecified atom stereocenters. The topological polar surface area (TPSA) is 68.5 Å². The smallest absolute Gasteiger partial charge is 0.266 e. The predicted octanol–water partition coefficient (Wildman–Crippen LogP) is 2.55. The van der Waals surface area contributed by atoms with Gasteiger partial charge in [-0.15, -0.1) is 0 Å². The summed E-state index contributed by atoms with van der Waals surface area (Å²) in [4.78, 5) is 11.8. The molecule has 20 heavy (non-hydrogen) atoms. The van der Waals surface area contributed by atoms with Crippen LogP contribution in [0.4, 0.5) is 0 Å². The van der Waals surface area contributed by atoms with Crippen molar-refractivity contribution >= 4 is 12.2 Å². The first kappa shape index (κ1) is 14.6. The van der Waals surface area contributed by atoms with Crippen LogP contribution in [0.5, 0.6) is 0 Å². The second-order valence-corrected chi connectivity index (χ2v) is 5.34. The van der Waals surface area contributed by atoms with Crippen molar-refractivity contribution < 1.29 is 0 Å². The van der Waals surface area contributed by atoms with Gasteiger partial charge >= 0.3 is 0 Å². The molecule has 0 aliphatic carbocycles. The lowest BCUT2D eigenvalue weighted by atomic mass is 10.3. The lowest BCUT2D eigenvalue weighted by Gasteiger charge is -2.10. The molecule has 0 spiro atoms. The zero-order valence-corrected chi connectivity index (χ0v) is 12.8. The second kappa shape index (κ2) is 6.13. The lowest BCUT2D eigenvalue weighted by molar-refractivity contribution is 0.540. The predicted molar refractivity (Wildman–Crippen MR) is 80.2 cm³/mol. The van der Waals surface area contributed by atoms with E-state index in [1.165, 1.54) is 10.7 Å². The highest BCUT2D eigenvalue weighted by Crippen LogP contribution is 2.17. The van der Waals surface area contributed by atoms with Gasteiger partial charge in [-0.1, -0.05) is 13.3 Å². The number of nitrogens with zero attached hydrogens (tertiary/aromatic N) is 4. The normalized spacial score (nSPS) is 11.2. The minimum atomic E-state index is -0.0903. The van der Waals surface area contributed by atoms with Gasteiger partial charge in [0.05, 0.1) is 0 Å². The van der Waals surface area contributed by atoms with E-state index < -0.39 is 0 Å². The molecule has 2 aromatic heterocycles. The average molecular weight is 293 g/mol. The Morgan fingerprint density at radius 1 is 1.40 bits per heavy atom. The van der Waals surface area contributed by atoms with E-state index in [9.17, 15) is 4.79 Å². The molecule has 2 heterocycles. The summed E-state index contributed by atoms with van der Waals surface area (Å²) < 4.78 is 3.94. The van der Waals surface area contributed by atoms with Crippen LogP contribution in [0.2, 0.25) is 0 Å². The molecule has 7 heteroatoms. The first-order valence-electron chi connectivity index (χ1n) is 6.80. The fraction of sp³-hybridized carbons (Fsp3) is 0.538. The molecular weight excluding hydrogens is 274 g/mol. The van der Waals surface area contributed by atoms with Crippen LogP contribution in [0.15, 0.2) is 16.9 Å². The van der Waals surface area contributed by atoms with Gasteiger partial charge in [0.1, 0.15) is 5.69 Å². The van der Waals surface area contributed by atoms with Crippen LogP contribution in [0, 0.1) is 4.77 Å². The molecule has 0 fully saturated rings. The van der Waals surface area contributed by atoms with Crippen LogP contribution < -0.4 is 5.56 Å². The third kappa shape index (κ3) is 2.87. The molecule has 0 aliphatic rings. The minimum absolute atomic E-state index is 0.0903. The Bertz CT molecular complexity index is 697. The molecule has 0 saturated heterocycles. The van der Waals surface area contributed by atoms with Crippen molar-refractivity contribution in [2.75, 3.05) is 0 Å². The number of hydrogen-bond acceptors (Lipinski definition) is 4. The molecule has 6 nitrogen and oxygen atoms in total. The fourth-order valence-corrected chi connectivity index (χ4v) is 2.34. The van der Waals surface area contributed by atoms with Crippen LogP contribution in [0.25, 0.3) is 11.5 Å². The molecule has 108 valence electrons. The van der Waals surface area contributed by atoms with E-state index in [0.717, 1.165) is 12.8 Å². The Balaban J connectivity index is 2.48. The molecule has 0 atom stereocenters. The molecule has 0 amide bonds. The van der Waals surface area contributed by atoms with E-state index in [-0.39, 0.29) is 11.6 Å². The van der Waals surface area contributed by atoms with Crippen molar-refractivity contribution in [3.05, 3.63) is 27.3 Å². The monoisotopic (exact) mass is 293 g/mol. The molecule has 0 radical (unpaired) electrons. The van der Waals surface area contributed by atoms with Crippen molar-refractivity contribution in [2.24, 2.45) is 0 Å². The lowest BCUT2D eigenvalue weighted by Crippen LogP contribution is -2.22. The number of unbranched alkanes of at least 4 members (excludes halogenated alkanes) is 1. The summed E-state index contributed by atoms with van der Waals surface area (Å²) in [7, 11) is 0. The van der Waals surface area contributed by atoms with Gasteiger partial charge in [0.25, 0.3) is 5.56 Å². The zero-order chi connectivity index (χ0) is 14.7. The summed E-state index contributed by atoms with van der Waals surface area (Å²) >= 11 is 5.23. The largest absolute Gasteiger partial charge is 0.296 e. The van der Waals surface area contributed by atoms with Crippen molar-refractivity contribution in [1.29, 1.82) is 0 Å². The van der Waals surface area contributed by atoms with Gasteiger partial charge < -0.3 is 0 Å². The summed E-state index contributed by atoms with van der Waals surface area (Å²) in [5, 5.41) is 11.4. The fourth-order valence-electron chi connectivity index (χ4n) is 2.00. The van der Waals surface area contributed by atoms with Gasteiger partial charge in [0.2, 0.25) is 0 Å². The van der Waals surface area contributed by atoms with Gasteiger partial charge in [-0.25, -0.2) is 4.68 Å². The minimum Gasteiger partial charge on any atom is -0.296 e.